The molecular formula is C31H43NO5Si. The summed E-state index contributed by atoms with van der Waals surface area (Å²) in [7, 11) is -2.05. The maximum absolute atomic E-state index is 14.0. The van der Waals surface area contributed by atoms with Crippen LogP contribution in [-0.2, 0) is 20.4 Å². The second-order valence-electron chi connectivity index (χ2n) is 11.7. The second-order valence-corrected chi connectivity index (χ2v) is 16.1. The fourth-order valence-corrected chi connectivity index (χ4v) is 6.64. The van der Waals surface area contributed by atoms with Gasteiger partial charge in [-0.1, -0.05) is 68.7 Å². The van der Waals surface area contributed by atoms with Crippen molar-refractivity contribution in [3.05, 3.63) is 65.7 Å². The lowest BCUT2D eigenvalue weighted by atomic mass is 9.90. The first-order chi connectivity index (χ1) is 18.2. The fraction of sp³-hybridized carbons (Fsp3) is 0.548. The molecule has 0 aromatic heterocycles. The standard InChI is InChI=1S/C31H43NO5Si/c1-5-28(30(33)32-26(22-36-31(32)34)19-23-13-8-6-9-14-23)29(37-38(2,3)4)25-17-12-18-27(20-25)35-21-24-15-10-7-11-16-24/h6,8-9,12-14,17-18,20,24,26,28-29H,5,7,10-11,15-16,19,21-22H2,1-4H3/t26-,28+,29+/m1/s1. The van der Waals surface area contributed by atoms with E-state index in [1.54, 1.807) is 0 Å². The van der Waals surface area contributed by atoms with Crippen LogP contribution in [-0.4, -0.2) is 44.5 Å². The van der Waals surface area contributed by atoms with Crippen molar-refractivity contribution in [1.29, 1.82) is 0 Å². The highest BCUT2D eigenvalue weighted by molar-refractivity contribution is 6.69. The third-order valence-electron chi connectivity index (χ3n) is 7.51. The van der Waals surface area contributed by atoms with Gasteiger partial charge in [-0.05, 0) is 74.5 Å². The molecule has 2 fully saturated rings. The van der Waals surface area contributed by atoms with Crippen LogP contribution in [0, 0.1) is 11.8 Å². The summed E-state index contributed by atoms with van der Waals surface area (Å²) < 4.78 is 18.3. The molecule has 0 bridgehead atoms. The number of imide groups is 1. The molecule has 0 unspecified atom stereocenters. The quantitative estimate of drug-likeness (QED) is 0.285. The molecule has 1 aliphatic carbocycles. The average molecular weight is 538 g/mol. The summed E-state index contributed by atoms with van der Waals surface area (Å²) in [4.78, 5) is 28.2. The van der Waals surface area contributed by atoms with Gasteiger partial charge in [0, 0.05) is 0 Å². The Morgan fingerprint density at radius 2 is 1.79 bits per heavy atom. The van der Waals surface area contributed by atoms with Gasteiger partial charge < -0.3 is 13.9 Å². The minimum absolute atomic E-state index is 0.208. The highest BCUT2D eigenvalue weighted by Crippen LogP contribution is 2.36. The summed E-state index contributed by atoms with van der Waals surface area (Å²) in [5.41, 5.74) is 1.99. The lowest BCUT2D eigenvalue weighted by molar-refractivity contribution is -0.137. The van der Waals surface area contributed by atoms with Crippen LogP contribution in [0.5, 0.6) is 5.75 Å². The van der Waals surface area contributed by atoms with E-state index in [1.165, 1.54) is 37.0 Å². The van der Waals surface area contributed by atoms with Crippen LogP contribution >= 0.6 is 0 Å². The highest BCUT2D eigenvalue weighted by atomic mass is 28.4. The molecule has 1 heterocycles. The topological polar surface area (TPSA) is 65.1 Å². The zero-order valence-corrected chi connectivity index (χ0v) is 24.4. The molecule has 7 heteroatoms. The van der Waals surface area contributed by atoms with Crippen molar-refractivity contribution < 1.29 is 23.5 Å². The number of rotatable bonds is 11. The molecule has 1 saturated carbocycles. The molecule has 1 aliphatic heterocycles. The maximum atomic E-state index is 14.0. The predicted molar refractivity (Wildman–Crippen MR) is 152 cm³/mol. The molecule has 0 spiro atoms. The molecule has 2 amide bonds. The van der Waals surface area contributed by atoms with Gasteiger partial charge in [-0.3, -0.25) is 4.79 Å². The summed E-state index contributed by atoms with van der Waals surface area (Å²) in [5.74, 6) is 0.670. The number of amides is 2. The minimum atomic E-state index is -2.05. The lowest BCUT2D eigenvalue weighted by Gasteiger charge is -2.34. The Morgan fingerprint density at radius 3 is 2.47 bits per heavy atom. The van der Waals surface area contributed by atoms with E-state index in [-0.39, 0.29) is 18.6 Å². The number of hydrogen-bond acceptors (Lipinski definition) is 5. The van der Waals surface area contributed by atoms with Gasteiger partial charge in [-0.2, -0.15) is 0 Å². The van der Waals surface area contributed by atoms with Gasteiger partial charge in [0.1, 0.15) is 12.4 Å². The zero-order valence-electron chi connectivity index (χ0n) is 23.4. The van der Waals surface area contributed by atoms with Crippen LogP contribution in [0.2, 0.25) is 19.6 Å². The Hall–Kier alpha value is -2.64. The Balaban J connectivity index is 1.56. The molecule has 2 aromatic carbocycles. The number of hydrogen-bond donors (Lipinski definition) is 0. The van der Waals surface area contributed by atoms with E-state index in [0.717, 1.165) is 23.5 Å². The van der Waals surface area contributed by atoms with E-state index in [0.29, 0.717) is 18.8 Å². The normalized spacial score (nSPS) is 20.2. The monoisotopic (exact) mass is 537 g/mol. The van der Waals surface area contributed by atoms with Crippen LogP contribution in [0.3, 0.4) is 0 Å². The number of benzene rings is 2. The maximum Gasteiger partial charge on any atom is 0.416 e. The van der Waals surface area contributed by atoms with E-state index in [4.69, 9.17) is 13.9 Å². The molecule has 0 radical (unpaired) electrons. The molecule has 3 atom stereocenters. The first kappa shape index (κ1) is 28.4. The molecule has 2 aromatic rings. The van der Waals surface area contributed by atoms with Crippen LogP contribution in [0.4, 0.5) is 4.79 Å². The van der Waals surface area contributed by atoms with Crippen molar-refractivity contribution >= 4 is 20.3 Å². The van der Waals surface area contributed by atoms with Gasteiger partial charge in [0.2, 0.25) is 5.91 Å². The van der Waals surface area contributed by atoms with E-state index in [2.05, 4.69) is 19.6 Å². The summed E-state index contributed by atoms with van der Waals surface area (Å²) in [6.45, 7) is 9.30. The molecule has 38 heavy (non-hydrogen) atoms. The van der Waals surface area contributed by atoms with Gasteiger partial charge in [0.25, 0.3) is 0 Å². The molecule has 6 nitrogen and oxygen atoms in total. The predicted octanol–water partition coefficient (Wildman–Crippen LogP) is 7.15. The molecule has 2 aliphatic rings. The van der Waals surface area contributed by atoms with E-state index >= 15 is 0 Å². The second kappa shape index (κ2) is 12.9. The van der Waals surface area contributed by atoms with Crippen molar-refractivity contribution in [3.8, 4) is 5.75 Å². The lowest BCUT2D eigenvalue weighted by Crippen LogP contribution is -2.46. The van der Waals surface area contributed by atoms with Gasteiger partial charge >= 0.3 is 6.09 Å². The Morgan fingerprint density at radius 1 is 1.05 bits per heavy atom. The smallest absolute Gasteiger partial charge is 0.416 e. The summed E-state index contributed by atoms with van der Waals surface area (Å²) in [6.07, 6.45) is 6.42. The number of carbonyl (C=O) groups excluding carboxylic acids is 2. The summed E-state index contributed by atoms with van der Waals surface area (Å²) in [5, 5.41) is 0. The third kappa shape index (κ3) is 7.47. The number of carbonyl (C=O) groups is 2. The first-order valence-electron chi connectivity index (χ1n) is 14.2. The van der Waals surface area contributed by atoms with Crippen LogP contribution in [0.25, 0.3) is 0 Å². The summed E-state index contributed by atoms with van der Waals surface area (Å²) in [6, 6.07) is 17.6. The Kier molecular flexibility index (Phi) is 9.66. The molecule has 1 saturated heterocycles. The van der Waals surface area contributed by atoms with Gasteiger partial charge in [0.15, 0.2) is 8.32 Å². The fourth-order valence-electron chi connectivity index (χ4n) is 5.58. The SMILES string of the molecule is CC[C@H](C(=O)N1C(=O)OC[C@H]1Cc1ccccc1)[C@@H](O[Si](C)(C)C)c1cccc(OCC2CCCCC2)c1. The summed E-state index contributed by atoms with van der Waals surface area (Å²) >= 11 is 0. The van der Waals surface area contributed by atoms with E-state index in [1.807, 2.05) is 61.5 Å². The molecule has 0 N–H and O–H groups in total. The number of cyclic esters (lactones) is 1. The minimum Gasteiger partial charge on any atom is -0.493 e. The molecule has 4 rings (SSSR count). The average Bonchev–Trinajstić information content (AvgIpc) is 3.27. The molecule has 206 valence electrons. The van der Waals surface area contributed by atoms with Crippen molar-refractivity contribution in [1.82, 2.24) is 4.90 Å². The highest BCUT2D eigenvalue weighted by Gasteiger charge is 2.44. The number of nitrogens with zero attached hydrogens (tertiary/aromatic N) is 1. The van der Waals surface area contributed by atoms with E-state index in [9.17, 15) is 9.59 Å². The van der Waals surface area contributed by atoms with Crippen molar-refractivity contribution in [3.63, 3.8) is 0 Å². The van der Waals surface area contributed by atoms with Crippen LogP contribution in [0.1, 0.15) is 62.7 Å². The largest absolute Gasteiger partial charge is 0.493 e. The van der Waals surface area contributed by atoms with Crippen LogP contribution < -0.4 is 4.74 Å². The zero-order chi connectivity index (χ0) is 27.1. The van der Waals surface area contributed by atoms with Gasteiger partial charge in [-0.15, -0.1) is 0 Å². The Labute approximate surface area is 228 Å². The van der Waals surface area contributed by atoms with E-state index < -0.39 is 26.4 Å². The van der Waals surface area contributed by atoms with Crippen LogP contribution in [0.15, 0.2) is 54.6 Å². The van der Waals surface area contributed by atoms with Crippen molar-refractivity contribution in [2.24, 2.45) is 11.8 Å². The third-order valence-corrected chi connectivity index (χ3v) is 8.47. The first-order valence-corrected chi connectivity index (χ1v) is 17.6. The number of ether oxygens (including phenoxy) is 2. The van der Waals surface area contributed by atoms with Crippen molar-refractivity contribution in [2.75, 3.05) is 13.2 Å². The van der Waals surface area contributed by atoms with Gasteiger partial charge in [0.05, 0.1) is 24.7 Å². The van der Waals surface area contributed by atoms with Crippen molar-refractivity contribution in [2.45, 2.75) is 83.7 Å². The molecular weight excluding hydrogens is 494 g/mol. The Bertz CT molecular complexity index is 1060. The van der Waals surface area contributed by atoms with Gasteiger partial charge in [-0.25, -0.2) is 9.69 Å².